The molecule has 0 aliphatic heterocycles. The second-order valence-electron chi connectivity index (χ2n) is 5.98. The van der Waals surface area contributed by atoms with E-state index < -0.39 is 16.9 Å². The number of carbonyl (C=O) groups is 3. The fourth-order valence-corrected chi connectivity index (χ4v) is 2.64. The zero-order valence-corrected chi connectivity index (χ0v) is 17.1. The number of hydrogen-bond acceptors (Lipinski definition) is 7. The predicted molar refractivity (Wildman–Crippen MR) is 110 cm³/mol. The third kappa shape index (κ3) is 5.89. The Kier molecular flexibility index (Phi) is 7.70. The van der Waals surface area contributed by atoms with Gasteiger partial charge in [0.2, 0.25) is 0 Å². The Morgan fingerprint density at radius 3 is 2.50 bits per heavy atom. The van der Waals surface area contributed by atoms with Gasteiger partial charge in [-0.1, -0.05) is 23.2 Å². The summed E-state index contributed by atoms with van der Waals surface area (Å²) in [6, 6.07) is 7.50. The number of likely N-dealkylation sites (N-methyl/N-ethyl adjacent to an activating group) is 1. The van der Waals surface area contributed by atoms with Crippen molar-refractivity contribution in [1.29, 1.82) is 0 Å². The number of ketones is 1. The minimum atomic E-state index is -0.887. The topological polar surface area (TPSA) is 145 Å². The molecule has 10 nitrogen and oxygen atoms in total. The highest BCUT2D eigenvalue weighted by molar-refractivity contribution is 6.34. The summed E-state index contributed by atoms with van der Waals surface area (Å²) in [5.74, 6) is -1.22. The highest BCUT2D eigenvalue weighted by Crippen LogP contribution is 2.29. The molecule has 2 rings (SSSR count). The second kappa shape index (κ2) is 10.0. The largest absolute Gasteiger partial charge is 0.415 e. The van der Waals surface area contributed by atoms with E-state index in [1.165, 1.54) is 37.4 Å². The Bertz CT molecular complexity index is 1010. The Labute approximate surface area is 180 Å². The number of amides is 2. The van der Waals surface area contributed by atoms with Gasteiger partial charge in [0.1, 0.15) is 5.75 Å². The van der Waals surface area contributed by atoms with Gasteiger partial charge in [0.25, 0.3) is 11.6 Å². The predicted octanol–water partition coefficient (Wildman–Crippen LogP) is 3.11. The summed E-state index contributed by atoms with van der Waals surface area (Å²) in [4.78, 5) is 47.5. The molecular formula is C18H16Cl2N4O6. The number of carbonyl (C=O) groups excluding carboxylic acids is 3. The Balaban J connectivity index is 2.24. The first kappa shape index (κ1) is 23.1. The number of nitro benzene ring substituents is 1. The van der Waals surface area contributed by atoms with E-state index in [2.05, 4.69) is 5.32 Å². The molecule has 0 unspecified atom stereocenters. The second-order valence-corrected chi connectivity index (χ2v) is 6.83. The SMILES string of the molecule is CN(CC(=O)CN)C(=O)Oc1ccc(Cl)cc1C(=O)Nc1ccc([N+](=O)[O-])cc1Cl. The van der Waals surface area contributed by atoms with E-state index in [1.807, 2.05) is 0 Å². The average molecular weight is 455 g/mol. The van der Waals surface area contributed by atoms with Crippen LogP contribution in [0.5, 0.6) is 5.75 Å². The number of rotatable bonds is 7. The monoisotopic (exact) mass is 454 g/mol. The summed E-state index contributed by atoms with van der Waals surface area (Å²) in [6.45, 7) is -0.495. The molecule has 2 aromatic rings. The van der Waals surface area contributed by atoms with Crippen LogP contribution in [-0.4, -0.2) is 47.7 Å². The molecule has 0 radical (unpaired) electrons. The number of nitrogens with two attached hydrogens (primary N) is 1. The van der Waals surface area contributed by atoms with Gasteiger partial charge in [0, 0.05) is 24.2 Å². The molecule has 0 spiro atoms. The standard InChI is InChI=1S/C18H16Cl2N4O6/c1-23(9-12(25)8-21)18(27)30-16-5-2-10(19)6-13(16)17(26)22-15-4-3-11(24(28)29)7-14(15)20/h2-7H,8-9,21H2,1H3,(H,22,26). The van der Waals surface area contributed by atoms with Gasteiger partial charge in [0.05, 0.1) is 34.3 Å². The molecule has 0 fully saturated rings. The van der Waals surface area contributed by atoms with Crippen LogP contribution in [-0.2, 0) is 4.79 Å². The first-order chi connectivity index (χ1) is 14.1. The number of nitrogens with one attached hydrogen (secondary N) is 1. The molecule has 12 heteroatoms. The summed E-state index contributed by atoms with van der Waals surface area (Å²) in [7, 11) is 1.34. The first-order valence-corrected chi connectivity index (χ1v) is 9.07. The Hall–Kier alpha value is -3.21. The molecule has 0 saturated carbocycles. The fourth-order valence-electron chi connectivity index (χ4n) is 2.24. The van der Waals surface area contributed by atoms with Gasteiger partial charge >= 0.3 is 6.09 Å². The van der Waals surface area contributed by atoms with Gasteiger partial charge in [-0.25, -0.2) is 4.79 Å². The number of halogens is 2. The summed E-state index contributed by atoms with van der Waals surface area (Å²) < 4.78 is 5.20. The van der Waals surface area contributed by atoms with Gasteiger partial charge in [-0.3, -0.25) is 19.7 Å². The molecule has 2 aromatic carbocycles. The van der Waals surface area contributed by atoms with E-state index in [0.29, 0.717) is 0 Å². The van der Waals surface area contributed by atoms with E-state index in [4.69, 9.17) is 33.7 Å². The molecular weight excluding hydrogens is 439 g/mol. The maximum atomic E-state index is 12.7. The van der Waals surface area contributed by atoms with Crippen LogP contribution in [0.3, 0.4) is 0 Å². The van der Waals surface area contributed by atoms with Crippen LogP contribution >= 0.6 is 23.2 Å². The Morgan fingerprint density at radius 2 is 1.90 bits per heavy atom. The van der Waals surface area contributed by atoms with Crippen molar-refractivity contribution >= 4 is 52.4 Å². The van der Waals surface area contributed by atoms with Crippen molar-refractivity contribution in [2.45, 2.75) is 0 Å². The number of hydrogen-bond donors (Lipinski definition) is 2. The van der Waals surface area contributed by atoms with Crippen LogP contribution in [0.15, 0.2) is 36.4 Å². The third-order valence-electron chi connectivity index (χ3n) is 3.75. The maximum absolute atomic E-state index is 12.7. The van der Waals surface area contributed by atoms with Gasteiger partial charge < -0.3 is 20.7 Å². The molecule has 0 aliphatic rings. The summed E-state index contributed by atoms with van der Waals surface area (Å²) in [5.41, 5.74) is 4.99. The summed E-state index contributed by atoms with van der Waals surface area (Å²) >= 11 is 11.9. The average Bonchev–Trinajstić information content (AvgIpc) is 2.70. The number of ether oxygens (including phenoxy) is 1. The minimum Gasteiger partial charge on any atom is -0.409 e. The van der Waals surface area contributed by atoms with Crippen molar-refractivity contribution in [3.63, 3.8) is 0 Å². The number of Topliss-reactive ketones (excluding diaryl/α,β-unsaturated/α-hetero) is 1. The molecule has 3 N–H and O–H groups in total. The van der Waals surface area contributed by atoms with Crippen LogP contribution in [0.2, 0.25) is 10.0 Å². The van der Waals surface area contributed by atoms with Crippen LogP contribution in [0.4, 0.5) is 16.2 Å². The Morgan fingerprint density at radius 1 is 1.20 bits per heavy atom. The van der Waals surface area contributed by atoms with Crippen molar-refractivity contribution in [2.75, 3.05) is 25.5 Å². The zero-order chi connectivity index (χ0) is 22.4. The number of anilines is 1. The van der Waals surface area contributed by atoms with Gasteiger partial charge in [-0.15, -0.1) is 0 Å². The van der Waals surface area contributed by atoms with Crippen molar-refractivity contribution in [3.05, 3.63) is 62.1 Å². The summed E-state index contributed by atoms with van der Waals surface area (Å²) in [5, 5.41) is 13.4. The van der Waals surface area contributed by atoms with Gasteiger partial charge in [-0.2, -0.15) is 0 Å². The number of benzene rings is 2. The maximum Gasteiger partial charge on any atom is 0.415 e. The lowest BCUT2D eigenvalue weighted by molar-refractivity contribution is -0.384. The van der Waals surface area contributed by atoms with Crippen LogP contribution in [0, 0.1) is 10.1 Å². The highest BCUT2D eigenvalue weighted by Gasteiger charge is 2.21. The van der Waals surface area contributed by atoms with Crippen molar-refractivity contribution in [1.82, 2.24) is 4.90 Å². The van der Waals surface area contributed by atoms with Crippen molar-refractivity contribution in [2.24, 2.45) is 5.73 Å². The van der Waals surface area contributed by atoms with E-state index in [9.17, 15) is 24.5 Å². The van der Waals surface area contributed by atoms with E-state index in [1.54, 1.807) is 0 Å². The normalized spacial score (nSPS) is 10.3. The van der Waals surface area contributed by atoms with Gasteiger partial charge in [-0.05, 0) is 24.3 Å². The van der Waals surface area contributed by atoms with E-state index in [0.717, 1.165) is 11.0 Å². The van der Waals surface area contributed by atoms with Crippen LogP contribution < -0.4 is 15.8 Å². The molecule has 0 aliphatic carbocycles. The van der Waals surface area contributed by atoms with Crippen molar-refractivity contribution < 1.29 is 24.0 Å². The molecule has 0 heterocycles. The lowest BCUT2D eigenvalue weighted by Crippen LogP contribution is -2.36. The molecule has 158 valence electrons. The summed E-state index contributed by atoms with van der Waals surface area (Å²) in [6.07, 6.45) is -0.887. The van der Waals surface area contributed by atoms with Crippen LogP contribution in [0.1, 0.15) is 10.4 Å². The molecule has 0 bridgehead atoms. The minimum absolute atomic E-state index is 0.0573. The quantitative estimate of drug-likeness (QED) is 0.482. The first-order valence-electron chi connectivity index (χ1n) is 8.32. The molecule has 2 amide bonds. The lowest BCUT2D eigenvalue weighted by atomic mass is 10.1. The smallest absolute Gasteiger partial charge is 0.409 e. The lowest BCUT2D eigenvalue weighted by Gasteiger charge is -2.17. The number of nitrogens with zero attached hydrogens (tertiary/aromatic N) is 2. The molecule has 0 atom stereocenters. The van der Waals surface area contributed by atoms with E-state index in [-0.39, 0.29) is 51.6 Å². The molecule has 0 saturated heterocycles. The number of non-ortho nitro benzene ring substituents is 1. The van der Waals surface area contributed by atoms with Crippen LogP contribution in [0.25, 0.3) is 0 Å². The molecule has 0 aromatic heterocycles. The highest BCUT2D eigenvalue weighted by atomic mass is 35.5. The van der Waals surface area contributed by atoms with E-state index >= 15 is 0 Å². The third-order valence-corrected chi connectivity index (χ3v) is 4.30. The number of nitro groups is 1. The fraction of sp³-hybridized carbons (Fsp3) is 0.167. The molecule has 30 heavy (non-hydrogen) atoms. The van der Waals surface area contributed by atoms with Gasteiger partial charge in [0.15, 0.2) is 5.78 Å². The zero-order valence-electron chi connectivity index (χ0n) is 15.6. The van der Waals surface area contributed by atoms with Crippen molar-refractivity contribution in [3.8, 4) is 5.75 Å².